The topological polar surface area (TPSA) is 18.5 Å². The molecule has 2 aliphatic rings. The quantitative estimate of drug-likeness (QED) is 0.680. The lowest BCUT2D eigenvalue weighted by molar-refractivity contribution is -0.139. The largest absolute Gasteiger partial charge is 0.344 e. The number of rotatable bonds is 2. The second-order valence-electron chi connectivity index (χ2n) is 5.54. The summed E-state index contributed by atoms with van der Waals surface area (Å²) in [5.74, 6) is -0.473. The molecule has 1 saturated heterocycles. The summed E-state index contributed by atoms with van der Waals surface area (Å²) in [6.07, 6.45) is 8.14. The fraction of sp³-hybridized carbons (Fsp3) is 0.600. The van der Waals surface area contributed by atoms with Crippen LogP contribution in [-0.2, 0) is 9.47 Å². The maximum atomic E-state index is 5.79. The van der Waals surface area contributed by atoms with E-state index in [1.54, 1.807) is 0 Å². The van der Waals surface area contributed by atoms with Crippen molar-refractivity contribution >= 4 is 0 Å². The van der Waals surface area contributed by atoms with Crippen LogP contribution in [0.15, 0.2) is 36.0 Å². The lowest BCUT2D eigenvalue weighted by Gasteiger charge is -2.41. The molecule has 0 atom stereocenters. The molecule has 2 rings (SSSR count). The number of hydrogen-bond donors (Lipinski definition) is 0. The highest BCUT2D eigenvalue weighted by Gasteiger charge is 2.45. The van der Waals surface area contributed by atoms with Crippen molar-refractivity contribution in [2.24, 2.45) is 5.41 Å². The van der Waals surface area contributed by atoms with Gasteiger partial charge in [0.2, 0.25) is 0 Å². The second kappa shape index (κ2) is 4.43. The molecule has 0 amide bonds. The maximum Gasteiger partial charge on any atom is 0.189 e. The molecule has 1 aliphatic heterocycles. The standard InChI is InChI=1S/C15H22O2/c1-5-6-7-13-12(2)10-15(11-14(13,3)4)16-8-9-17-15/h5,7,10H,1,6,8-9,11H2,2-4H3. The Balaban J connectivity index is 2.34. The number of hydrogen-bond acceptors (Lipinski definition) is 2. The van der Waals surface area contributed by atoms with E-state index >= 15 is 0 Å². The van der Waals surface area contributed by atoms with Crippen molar-refractivity contribution in [3.63, 3.8) is 0 Å². The highest BCUT2D eigenvalue weighted by molar-refractivity contribution is 5.40. The molecule has 0 aromatic carbocycles. The molecule has 1 spiro atoms. The van der Waals surface area contributed by atoms with Crippen LogP contribution in [0.1, 0.15) is 33.6 Å². The zero-order valence-corrected chi connectivity index (χ0v) is 11.1. The summed E-state index contributed by atoms with van der Waals surface area (Å²) < 4.78 is 11.6. The summed E-state index contributed by atoms with van der Waals surface area (Å²) in [4.78, 5) is 0. The highest BCUT2D eigenvalue weighted by Crippen LogP contribution is 2.47. The molecule has 1 aliphatic carbocycles. The van der Waals surface area contributed by atoms with Gasteiger partial charge in [0, 0.05) is 6.42 Å². The number of allylic oxidation sites excluding steroid dienone is 4. The van der Waals surface area contributed by atoms with Gasteiger partial charge in [-0.1, -0.05) is 26.0 Å². The summed E-state index contributed by atoms with van der Waals surface area (Å²) in [5, 5.41) is 0. The third-order valence-electron chi connectivity index (χ3n) is 3.54. The fourth-order valence-corrected chi connectivity index (χ4v) is 3.00. The van der Waals surface area contributed by atoms with E-state index in [4.69, 9.17) is 9.47 Å². The average molecular weight is 234 g/mol. The Labute approximate surface area is 104 Å². The minimum Gasteiger partial charge on any atom is -0.344 e. The molecule has 2 nitrogen and oxygen atoms in total. The maximum absolute atomic E-state index is 5.79. The Kier molecular flexibility index (Phi) is 3.28. The van der Waals surface area contributed by atoms with Gasteiger partial charge in [-0.2, -0.15) is 0 Å². The van der Waals surface area contributed by atoms with Crippen LogP contribution in [0.5, 0.6) is 0 Å². The Bertz CT molecular complexity index is 368. The van der Waals surface area contributed by atoms with E-state index < -0.39 is 5.79 Å². The predicted octanol–water partition coefficient (Wildman–Crippen LogP) is 3.61. The second-order valence-corrected chi connectivity index (χ2v) is 5.54. The summed E-state index contributed by atoms with van der Waals surface area (Å²) in [6, 6.07) is 0. The van der Waals surface area contributed by atoms with Gasteiger partial charge < -0.3 is 9.47 Å². The van der Waals surface area contributed by atoms with Gasteiger partial charge in [-0.25, -0.2) is 0 Å². The molecule has 0 N–H and O–H groups in total. The van der Waals surface area contributed by atoms with Crippen molar-refractivity contribution in [2.45, 2.75) is 39.4 Å². The Hall–Kier alpha value is -0.860. The normalized spacial score (nSPS) is 28.4. The zero-order chi connectivity index (χ0) is 12.5. The van der Waals surface area contributed by atoms with E-state index in [0.717, 1.165) is 12.8 Å². The van der Waals surface area contributed by atoms with Crippen molar-refractivity contribution < 1.29 is 9.47 Å². The third kappa shape index (κ3) is 2.38. The van der Waals surface area contributed by atoms with Crippen LogP contribution in [0.25, 0.3) is 0 Å². The van der Waals surface area contributed by atoms with Gasteiger partial charge in [0.25, 0.3) is 0 Å². The van der Waals surface area contributed by atoms with Gasteiger partial charge in [-0.15, -0.1) is 6.58 Å². The molecule has 0 saturated carbocycles. The first-order valence-electron chi connectivity index (χ1n) is 6.28. The molecule has 0 bridgehead atoms. The molecule has 0 radical (unpaired) electrons. The summed E-state index contributed by atoms with van der Waals surface area (Å²) in [7, 11) is 0. The highest BCUT2D eigenvalue weighted by atomic mass is 16.7. The lowest BCUT2D eigenvalue weighted by atomic mass is 9.70. The Morgan fingerprint density at radius 1 is 1.35 bits per heavy atom. The minimum atomic E-state index is -0.473. The summed E-state index contributed by atoms with van der Waals surface area (Å²) in [6.45, 7) is 11.8. The molecule has 0 aromatic heterocycles. The first kappa shape index (κ1) is 12.6. The Morgan fingerprint density at radius 3 is 2.53 bits per heavy atom. The van der Waals surface area contributed by atoms with Crippen LogP contribution in [-0.4, -0.2) is 19.0 Å². The van der Waals surface area contributed by atoms with Crippen molar-refractivity contribution in [3.05, 3.63) is 36.0 Å². The first-order valence-corrected chi connectivity index (χ1v) is 6.28. The predicted molar refractivity (Wildman–Crippen MR) is 69.7 cm³/mol. The monoisotopic (exact) mass is 234 g/mol. The first-order chi connectivity index (χ1) is 7.99. The van der Waals surface area contributed by atoms with E-state index in [-0.39, 0.29) is 5.41 Å². The molecule has 2 heteroatoms. The van der Waals surface area contributed by atoms with E-state index in [1.165, 1.54) is 11.1 Å². The zero-order valence-electron chi connectivity index (χ0n) is 11.1. The van der Waals surface area contributed by atoms with Crippen LogP contribution in [0, 0.1) is 5.41 Å². The van der Waals surface area contributed by atoms with E-state index in [0.29, 0.717) is 13.2 Å². The molecule has 1 fully saturated rings. The number of ether oxygens (including phenoxy) is 2. The lowest BCUT2D eigenvalue weighted by Crippen LogP contribution is -2.39. The van der Waals surface area contributed by atoms with Crippen LogP contribution in [0.4, 0.5) is 0 Å². The molecular weight excluding hydrogens is 212 g/mol. The van der Waals surface area contributed by atoms with Gasteiger partial charge in [0.1, 0.15) is 0 Å². The van der Waals surface area contributed by atoms with E-state index in [9.17, 15) is 0 Å². The molecule has 0 aromatic rings. The molecule has 1 heterocycles. The van der Waals surface area contributed by atoms with Crippen molar-refractivity contribution in [3.8, 4) is 0 Å². The Morgan fingerprint density at radius 2 is 2.00 bits per heavy atom. The molecule has 0 unspecified atom stereocenters. The molecule has 17 heavy (non-hydrogen) atoms. The van der Waals surface area contributed by atoms with Gasteiger partial charge in [-0.3, -0.25) is 0 Å². The fourth-order valence-electron chi connectivity index (χ4n) is 3.00. The van der Waals surface area contributed by atoms with E-state index in [2.05, 4.69) is 39.5 Å². The SMILES string of the molecule is C=CCC=C1C(C)=CC2(CC1(C)C)OCCO2. The van der Waals surface area contributed by atoms with Gasteiger partial charge >= 0.3 is 0 Å². The van der Waals surface area contributed by atoms with Crippen molar-refractivity contribution in [1.82, 2.24) is 0 Å². The van der Waals surface area contributed by atoms with Crippen LogP contribution in [0.2, 0.25) is 0 Å². The minimum absolute atomic E-state index is 0.0895. The van der Waals surface area contributed by atoms with Crippen LogP contribution >= 0.6 is 0 Å². The van der Waals surface area contributed by atoms with Crippen LogP contribution in [0.3, 0.4) is 0 Å². The average Bonchev–Trinajstić information content (AvgIpc) is 2.63. The summed E-state index contributed by atoms with van der Waals surface area (Å²) >= 11 is 0. The van der Waals surface area contributed by atoms with E-state index in [1.807, 2.05) is 6.08 Å². The van der Waals surface area contributed by atoms with Crippen molar-refractivity contribution in [1.29, 1.82) is 0 Å². The summed E-state index contributed by atoms with van der Waals surface area (Å²) in [5.41, 5.74) is 2.75. The van der Waals surface area contributed by atoms with Crippen molar-refractivity contribution in [2.75, 3.05) is 13.2 Å². The van der Waals surface area contributed by atoms with Gasteiger partial charge in [0.05, 0.1) is 13.2 Å². The molecular formula is C15H22O2. The van der Waals surface area contributed by atoms with Crippen LogP contribution < -0.4 is 0 Å². The third-order valence-corrected chi connectivity index (χ3v) is 3.54. The van der Waals surface area contributed by atoms with Gasteiger partial charge in [0.15, 0.2) is 5.79 Å². The smallest absolute Gasteiger partial charge is 0.189 e. The molecule has 94 valence electrons. The van der Waals surface area contributed by atoms with Gasteiger partial charge in [-0.05, 0) is 36.0 Å².